The monoisotopic (exact) mass is 213 g/mol. The Labute approximate surface area is 83.6 Å². The predicted molar refractivity (Wildman–Crippen MR) is 52.1 cm³/mol. The maximum absolute atomic E-state index is 11.3. The summed E-state index contributed by atoms with van der Waals surface area (Å²) in [5.41, 5.74) is 6.25. The molecule has 0 aliphatic carbocycles. The van der Waals surface area contributed by atoms with Crippen LogP contribution >= 0.6 is 0 Å². The second kappa shape index (κ2) is 4.73. The van der Waals surface area contributed by atoms with Crippen molar-refractivity contribution in [3.63, 3.8) is 0 Å². The van der Waals surface area contributed by atoms with Gasteiger partial charge in [-0.3, -0.25) is 9.00 Å². The van der Waals surface area contributed by atoms with Gasteiger partial charge in [-0.15, -0.1) is 0 Å². The maximum Gasteiger partial charge on any atom is 0.252 e. The molecule has 14 heavy (non-hydrogen) atoms. The van der Waals surface area contributed by atoms with Crippen LogP contribution in [0.15, 0.2) is 24.3 Å². The van der Waals surface area contributed by atoms with E-state index in [1.807, 2.05) is 0 Å². The van der Waals surface area contributed by atoms with E-state index in [9.17, 15) is 13.6 Å². The predicted octanol–water partition coefficient (Wildman–Crippen LogP) is -0.165. The van der Waals surface area contributed by atoms with Gasteiger partial charge in [-0.05, 0) is 29.3 Å². The summed E-state index contributed by atoms with van der Waals surface area (Å²) in [6.07, 6.45) is 0. The fourth-order valence-electron chi connectivity index (χ4n) is 0.906. The van der Waals surface area contributed by atoms with Gasteiger partial charge in [-0.25, -0.2) is 0 Å². The molecule has 1 rings (SSSR count). The lowest BCUT2D eigenvalue weighted by atomic mass is 10.2. The molecule has 1 amide bonds. The molecule has 0 saturated carbocycles. The summed E-state index contributed by atoms with van der Waals surface area (Å²) in [5, 5.41) is 2.22. The largest absolute Gasteiger partial charge is 0.771 e. The summed E-state index contributed by atoms with van der Waals surface area (Å²) >= 11 is -2.28. The summed E-state index contributed by atoms with van der Waals surface area (Å²) in [4.78, 5) is 11.3. The smallest absolute Gasteiger partial charge is 0.252 e. The van der Waals surface area contributed by atoms with E-state index in [1.54, 1.807) is 18.2 Å². The zero-order valence-electron chi connectivity index (χ0n) is 7.23. The van der Waals surface area contributed by atoms with Crippen LogP contribution in [-0.4, -0.2) is 20.5 Å². The normalized spacial score (nSPS) is 12.1. The summed E-state index contributed by atoms with van der Waals surface area (Å²) in [7, 11) is 0. The maximum atomic E-state index is 11.3. The number of amides is 1. The van der Waals surface area contributed by atoms with E-state index in [4.69, 9.17) is 5.73 Å². The molecule has 0 aliphatic heterocycles. The molecule has 6 heteroatoms. The average molecular weight is 213 g/mol. The Morgan fingerprint density at radius 1 is 1.57 bits per heavy atom. The standard InChI is InChI=1S/C8H10N2O3S/c9-7-3-1-2-6(4-7)8(11)10-5-14(12)13/h1-4H,5,9H2,(H,10,11)(H,12,13)/p-1. The molecule has 1 atom stereocenters. The van der Waals surface area contributed by atoms with Crippen LogP contribution in [0.25, 0.3) is 0 Å². The van der Waals surface area contributed by atoms with Gasteiger partial charge < -0.3 is 15.6 Å². The van der Waals surface area contributed by atoms with Crippen molar-refractivity contribution in [1.29, 1.82) is 0 Å². The third-order valence-corrected chi connectivity index (χ3v) is 1.88. The molecule has 3 N–H and O–H groups in total. The number of hydrogen-bond acceptors (Lipinski definition) is 4. The van der Waals surface area contributed by atoms with Crippen molar-refractivity contribution in [2.75, 3.05) is 11.6 Å². The van der Waals surface area contributed by atoms with E-state index in [-0.39, 0.29) is 0 Å². The molecule has 1 aromatic carbocycles. The Morgan fingerprint density at radius 3 is 2.86 bits per heavy atom. The van der Waals surface area contributed by atoms with Gasteiger partial charge in [0.15, 0.2) is 0 Å². The van der Waals surface area contributed by atoms with Crippen molar-refractivity contribution in [1.82, 2.24) is 5.32 Å². The Hall–Kier alpha value is -1.40. The number of nitrogens with two attached hydrogens (primary N) is 1. The fourth-order valence-corrected chi connectivity index (χ4v) is 1.16. The second-order valence-corrected chi connectivity index (χ2v) is 3.48. The van der Waals surface area contributed by atoms with Crippen molar-refractivity contribution < 1.29 is 13.6 Å². The zero-order valence-corrected chi connectivity index (χ0v) is 8.04. The minimum atomic E-state index is -2.28. The van der Waals surface area contributed by atoms with Crippen LogP contribution in [0.4, 0.5) is 5.69 Å². The number of carbonyl (C=O) groups is 1. The average Bonchev–Trinajstić information content (AvgIpc) is 2.14. The molecule has 0 fully saturated rings. The Balaban J connectivity index is 2.65. The third-order valence-electron chi connectivity index (χ3n) is 1.50. The molecule has 76 valence electrons. The Kier molecular flexibility index (Phi) is 3.61. The van der Waals surface area contributed by atoms with Crippen LogP contribution in [0.5, 0.6) is 0 Å². The van der Waals surface area contributed by atoms with Gasteiger partial charge in [0.1, 0.15) is 0 Å². The highest BCUT2D eigenvalue weighted by molar-refractivity contribution is 7.79. The van der Waals surface area contributed by atoms with Crippen molar-refractivity contribution >= 4 is 22.7 Å². The molecule has 1 unspecified atom stereocenters. The number of nitrogen functional groups attached to an aromatic ring is 1. The van der Waals surface area contributed by atoms with Crippen molar-refractivity contribution in [2.24, 2.45) is 0 Å². The van der Waals surface area contributed by atoms with Gasteiger partial charge in [-0.2, -0.15) is 0 Å². The first-order valence-electron chi connectivity index (χ1n) is 3.79. The van der Waals surface area contributed by atoms with Crippen LogP contribution in [0.3, 0.4) is 0 Å². The zero-order chi connectivity index (χ0) is 10.6. The highest BCUT2D eigenvalue weighted by atomic mass is 32.2. The van der Waals surface area contributed by atoms with E-state index in [0.717, 1.165) is 0 Å². The lowest BCUT2D eigenvalue weighted by molar-refractivity contribution is 0.0959. The van der Waals surface area contributed by atoms with Crippen LogP contribution in [0, 0.1) is 0 Å². The summed E-state index contributed by atoms with van der Waals surface area (Å²) in [5.74, 6) is -0.852. The lowest BCUT2D eigenvalue weighted by Crippen LogP contribution is -2.26. The van der Waals surface area contributed by atoms with E-state index in [1.165, 1.54) is 6.07 Å². The molecule has 0 aromatic heterocycles. The van der Waals surface area contributed by atoms with Crippen molar-refractivity contribution in [3.8, 4) is 0 Å². The SMILES string of the molecule is Nc1cccc(C(=O)NCS(=O)[O-])c1. The number of hydrogen-bond donors (Lipinski definition) is 2. The minimum Gasteiger partial charge on any atom is -0.771 e. The molecule has 0 heterocycles. The summed E-state index contributed by atoms with van der Waals surface area (Å²) in [6, 6.07) is 6.30. The van der Waals surface area contributed by atoms with Crippen molar-refractivity contribution in [2.45, 2.75) is 0 Å². The van der Waals surface area contributed by atoms with E-state index >= 15 is 0 Å². The number of rotatable bonds is 3. The van der Waals surface area contributed by atoms with Gasteiger partial charge in [0.05, 0.1) is 5.88 Å². The molecule has 0 saturated heterocycles. The first-order chi connectivity index (χ1) is 6.59. The van der Waals surface area contributed by atoms with Crippen LogP contribution < -0.4 is 11.1 Å². The lowest BCUT2D eigenvalue weighted by Gasteiger charge is -2.07. The quantitative estimate of drug-likeness (QED) is 0.538. The number of nitrogens with one attached hydrogen (secondary N) is 1. The van der Waals surface area contributed by atoms with Crippen LogP contribution in [0.1, 0.15) is 10.4 Å². The number of carbonyl (C=O) groups excluding carboxylic acids is 1. The molecule has 0 spiro atoms. The fraction of sp³-hybridized carbons (Fsp3) is 0.125. The molecular weight excluding hydrogens is 204 g/mol. The van der Waals surface area contributed by atoms with Gasteiger partial charge in [-0.1, -0.05) is 6.07 Å². The van der Waals surface area contributed by atoms with Gasteiger partial charge in [0.25, 0.3) is 5.91 Å². The molecule has 0 radical (unpaired) electrons. The van der Waals surface area contributed by atoms with Crippen LogP contribution in [-0.2, 0) is 11.1 Å². The minimum absolute atomic E-state index is 0.343. The van der Waals surface area contributed by atoms with Gasteiger partial charge >= 0.3 is 0 Å². The molecule has 0 aliphatic rings. The Bertz CT molecular complexity index is 367. The first-order valence-corrected chi connectivity index (χ1v) is 5.03. The van der Waals surface area contributed by atoms with Gasteiger partial charge in [0, 0.05) is 11.3 Å². The molecular formula is C8H9N2O3S-. The second-order valence-electron chi connectivity index (χ2n) is 2.58. The van der Waals surface area contributed by atoms with Crippen molar-refractivity contribution in [3.05, 3.63) is 29.8 Å². The van der Waals surface area contributed by atoms with Crippen LogP contribution in [0.2, 0.25) is 0 Å². The molecule has 1 aromatic rings. The highest BCUT2D eigenvalue weighted by Crippen LogP contribution is 2.05. The molecule has 0 bridgehead atoms. The summed E-state index contributed by atoms with van der Waals surface area (Å²) < 4.78 is 20.3. The number of anilines is 1. The van der Waals surface area contributed by atoms with Gasteiger partial charge in [0.2, 0.25) is 0 Å². The first kappa shape index (κ1) is 10.7. The van der Waals surface area contributed by atoms with E-state index in [2.05, 4.69) is 5.32 Å². The third kappa shape index (κ3) is 3.15. The number of benzene rings is 1. The molecule has 5 nitrogen and oxygen atoms in total. The van der Waals surface area contributed by atoms with E-state index < -0.39 is 22.9 Å². The van der Waals surface area contributed by atoms with E-state index in [0.29, 0.717) is 11.3 Å². The highest BCUT2D eigenvalue weighted by Gasteiger charge is 2.03. The Morgan fingerprint density at radius 2 is 2.29 bits per heavy atom. The summed E-state index contributed by atoms with van der Waals surface area (Å²) in [6.45, 7) is 0. The topological polar surface area (TPSA) is 95.2 Å².